The Morgan fingerprint density at radius 1 is 0.731 bits per heavy atom. The smallest absolute Gasteiger partial charge is 0.142 e. The average molecular weight is 387 g/mol. The van der Waals surface area contributed by atoms with Crippen LogP contribution in [0.1, 0.15) is 5.56 Å². The van der Waals surface area contributed by atoms with Crippen molar-refractivity contribution in [2.75, 3.05) is 23.7 Å². The first-order chi connectivity index (χ1) is 12.7. The number of nitrogens with one attached hydrogen (secondary N) is 2. The van der Waals surface area contributed by atoms with Gasteiger partial charge in [-0.2, -0.15) is 0 Å². The van der Waals surface area contributed by atoms with Gasteiger partial charge in [-0.05, 0) is 35.9 Å². The van der Waals surface area contributed by atoms with Gasteiger partial charge in [-0.3, -0.25) is 0 Å². The normalized spacial score (nSPS) is 10.4. The molecule has 3 aromatic rings. The maximum Gasteiger partial charge on any atom is 0.142 e. The molecule has 5 heteroatoms. The number of para-hydroxylation sites is 2. The van der Waals surface area contributed by atoms with E-state index in [4.69, 9.17) is 27.9 Å². The molecule has 0 bridgehead atoms. The van der Waals surface area contributed by atoms with Crippen LogP contribution >= 0.6 is 23.2 Å². The van der Waals surface area contributed by atoms with Crippen molar-refractivity contribution in [1.82, 2.24) is 0 Å². The molecule has 3 aromatic carbocycles. The lowest BCUT2D eigenvalue weighted by Crippen LogP contribution is -2.14. The molecule has 2 N–H and O–H groups in total. The van der Waals surface area contributed by atoms with Gasteiger partial charge in [0.15, 0.2) is 0 Å². The van der Waals surface area contributed by atoms with Crippen molar-refractivity contribution in [1.29, 1.82) is 0 Å². The third-order valence-electron chi connectivity index (χ3n) is 3.81. The van der Waals surface area contributed by atoms with Gasteiger partial charge in [-0.1, -0.05) is 65.7 Å². The Bertz CT molecular complexity index is 840. The summed E-state index contributed by atoms with van der Waals surface area (Å²) in [5.74, 6) is 0.831. The second-order valence-electron chi connectivity index (χ2n) is 5.75. The van der Waals surface area contributed by atoms with Crippen molar-refractivity contribution < 1.29 is 4.74 Å². The number of rotatable bonds is 8. The van der Waals surface area contributed by atoms with Crippen LogP contribution in [0.25, 0.3) is 0 Å². The molecule has 0 unspecified atom stereocenters. The van der Waals surface area contributed by atoms with Gasteiger partial charge < -0.3 is 15.4 Å². The van der Waals surface area contributed by atoms with Crippen molar-refractivity contribution in [3.8, 4) is 5.75 Å². The molecule has 3 nitrogen and oxygen atoms in total. The summed E-state index contributed by atoms with van der Waals surface area (Å²) in [6.07, 6.45) is 0. The van der Waals surface area contributed by atoms with Crippen LogP contribution in [0.15, 0.2) is 72.8 Å². The van der Waals surface area contributed by atoms with Gasteiger partial charge >= 0.3 is 0 Å². The van der Waals surface area contributed by atoms with Crippen LogP contribution in [-0.2, 0) is 6.61 Å². The fraction of sp³-hybridized carbons (Fsp3) is 0.143. The molecule has 0 fully saturated rings. The van der Waals surface area contributed by atoms with E-state index in [-0.39, 0.29) is 0 Å². The number of halogens is 2. The summed E-state index contributed by atoms with van der Waals surface area (Å²) < 4.78 is 5.95. The molecule has 0 spiro atoms. The SMILES string of the molecule is Clc1ccc(Cl)c(NCCNc2ccccc2OCc2ccccc2)c1. The van der Waals surface area contributed by atoms with Crippen LogP contribution in [0.4, 0.5) is 11.4 Å². The minimum atomic E-state index is 0.538. The number of ether oxygens (including phenoxy) is 1. The standard InChI is InChI=1S/C21H20Cl2N2O/c22-17-10-11-18(23)20(14-17)25-13-12-24-19-8-4-5-9-21(19)26-15-16-6-2-1-3-7-16/h1-11,14,24-25H,12-13,15H2. The molecule has 0 aromatic heterocycles. The molecule has 134 valence electrons. The maximum absolute atomic E-state index is 6.16. The van der Waals surface area contributed by atoms with Crippen molar-refractivity contribution in [3.05, 3.63) is 88.4 Å². The van der Waals surface area contributed by atoms with E-state index in [1.165, 1.54) is 0 Å². The zero-order valence-electron chi connectivity index (χ0n) is 14.2. The quantitative estimate of drug-likeness (QED) is 0.459. The monoisotopic (exact) mass is 386 g/mol. The summed E-state index contributed by atoms with van der Waals surface area (Å²) in [6, 6.07) is 23.4. The molecule has 0 aliphatic rings. The fourth-order valence-corrected chi connectivity index (χ4v) is 2.86. The third kappa shape index (κ3) is 5.32. The molecule has 26 heavy (non-hydrogen) atoms. The predicted molar refractivity (Wildman–Crippen MR) is 111 cm³/mol. The molecule has 0 saturated heterocycles. The lowest BCUT2D eigenvalue weighted by atomic mass is 10.2. The number of benzene rings is 3. The van der Waals surface area contributed by atoms with E-state index in [9.17, 15) is 0 Å². The molecule has 0 aliphatic carbocycles. The van der Waals surface area contributed by atoms with Gasteiger partial charge in [0.1, 0.15) is 12.4 Å². The molecule has 0 aliphatic heterocycles. The van der Waals surface area contributed by atoms with Crippen LogP contribution in [0.3, 0.4) is 0 Å². The Hall–Kier alpha value is -2.36. The minimum Gasteiger partial charge on any atom is -0.487 e. The molecule has 0 saturated carbocycles. The summed E-state index contributed by atoms with van der Waals surface area (Å²) in [6.45, 7) is 1.96. The molecular weight excluding hydrogens is 367 g/mol. The van der Waals surface area contributed by atoms with Crippen molar-refractivity contribution in [2.24, 2.45) is 0 Å². The third-order valence-corrected chi connectivity index (χ3v) is 4.37. The molecule has 0 heterocycles. The van der Waals surface area contributed by atoms with Crippen LogP contribution < -0.4 is 15.4 Å². The molecule has 0 amide bonds. The topological polar surface area (TPSA) is 33.3 Å². The van der Waals surface area contributed by atoms with Crippen LogP contribution in [0.2, 0.25) is 10.0 Å². The Kier molecular flexibility index (Phi) is 6.64. The molecule has 3 rings (SSSR count). The summed E-state index contributed by atoms with van der Waals surface area (Å²) in [7, 11) is 0. The van der Waals surface area contributed by atoms with Gasteiger partial charge in [0.05, 0.1) is 16.4 Å². The number of hydrogen-bond acceptors (Lipinski definition) is 3. The summed E-state index contributed by atoms with van der Waals surface area (Å²) in [4.78, 5) is 0. The second-order valence-corrected chi connectivity index (χ2v) is 6.59. The van der Waals surface area contributed by atoms with E-state index in [0.717, 1.165) is 22.7 Å². The first-order valence-electron chi connectivity index (χ1n) is 8.41. The average Bonchev–Trinajstić information content (AvgIpc) is 2.67. The highest BCUT2D eigenvalue weighted by atomic mass is 35.5. The highest BCUT2D eigenvalue weighted by Gasteiger charge is 2.04. The summed E-state index contributed by atoms with van der Waals surface area (Å²) in [5.41, 5.74) is 2.93. The zero-order chi connectivity index (χ0) is 18.2. The second kappa shape index (κ2) is 9.37. The van der Waals surface area contributed by atoms with E-state index >= 15 is 0 Å². The van der Waals surface area contributed by atoms with E-state index < -0.39 is 0 Å². The van der Waals surface area contributed by atoms with Crippen molar-refractivity contribution in [2.45, 2.75) is 6.61 Å². The van der Waals surface area contributed by atoms with Crippen LogP contribution in [-0.4, -0.2) is 13.1 Å². The molecular formula is C21H20Cl2N2O. The zero-order valence-corrected chi connectivity index (χ0v) is 15.7. The minimum absolute atomic E-state index is 0.538. The fourth-order valence-electron chi connectivity index (χ4n) is 2.50. The largest absolute Gasteiger partial charge is 0.487 e. The van der Waals surface area contributed by atoms with Gasteiger partial charge in [0, 0.05) is 18.1 Å². The van der Waals surface area contributed by atoms with E-state index in [1.54, 1.807) is 12.1 Å². The Morgan fingerprint density at radius 3 is 2.23 bits per heavy atom. The van der Waals surface area contributed by atoms with Crippen LogP contribution in [0.5, 0.6) is 5.75 Å². The van der Waals surface area contributed by atoms with Crippen molar-refractivity contribution >= 4 is 34.6 Å². The first-order valence-corrected chi connectivity index (χ1v) is 9.16. The van der Waals surface area contributed by atoms with Gasteiger partial charge in [0.25, 0.3) is 0 Å². The lowest BCUT2D eigenvalue weighted by Gasteiger charge is -2.14. The number of hydrogen-bond donors (Lipinski definition) is 2. The highest BCUT2D eigenvalue weighted by Crippen LogP contribution is 2.26. The Balaban J connectivity index is 1.52. The molecule has 0 radical (unpaired) electrons. The van der Waals surface area contributed by atoms with Crippen molar-refractivity contribution in [3.63, 3.8) is 0 Å². The molecule has 0 atom stereocenters. The maximum atomic E-state index is 6.16. The summed E-state index contributed by atoms with van der Waals surface area (Å²) in [5, 5.41) is 7.98. The van der Waals surface area contributed by atoms with E-state index in [1.807, 2.05) is 48.5 Å². The van der Waals surface area contributed by atoms with E-state index in [2.05, 4.69) is 22.8 Å². The van der Waals surface area contributed by atoms with Gasteiger partial charge in [-0.15, -0.1) is 0 Å². The van der Waals surface area contributed by atoms with Gasteiger partial charge in [-0.25, -0.2) is 0 Å². The highest BCUT2D eigenvalue weighted by molar-refractivity contribution is 6.35. The van der Waals surface area contributed by atoms with E-state index in [0.29, 0.717) is 29.7 Å². The Morgan fingerprint density at radius 2 is 1.42 bits per heavy atom. The lowest BCUT2D eigenvalue weighted by molar-refractivity contribution is 0.307. The Labute approximate surface area is 163 Å². The van der Waals surface area contributed by atoms with Gasteiger partial charge in [0.2, 0.25) is 0 Å². The number of anilines is 2. The first kappa shape index (κ1) is 18.4. The van der Waals surface area contributed by atoms with Crippen LogP contribution in [0, 0.1) is 0 Å². The summed E-state index contributed by atoms with van der Waals surface area (Å²) >= 11 is 12.2. The predicted octanol–water partition coefficient (Wildman–Crippen LogP) is 6.10.